The van der Waals surface area contributed by atoms with Gasteiger partial charge >= 0.3 is 6.85 Å². The van der Waals surface area contributed by atoms with Crippen molar-refractivity contribution in [3.8, 4) is 11.1 Å². The molecule has 5 heterocycles. The van der Waals surface area contributed by atoms with Gasteiger partial charge in [-0.15, -0.1) is 11.3 Å². The van der Waals surface area contributed by atoms with Crippen LogP contribution in [0.4, 0.5) is 17.1 Å². The second-order valence-corrected chi connectivity index (χ2v) is 15.8. The number of para-hydroxylation sites is 3. The zero-order valence-electron chi connectivity index (χ0n) is 28.6. The Kier molecular flexibility index (Phi) is 5.30. The highest BCUT2D eigenvalue weighted by Gasteiger charge is 2.52. The molecule has 0 bridgehead atoms. The first-order chi connectivity index (χ1) is 26.3. The molecule has 0 atom stereocenters. The van der Waals surface area contributed by atoms with E-state index in [0.29, 0.717) is 0 Å². The van der Waals surface area contributed by atoms with E-state index in [1.165, 1.54) is 103 Å². The monoisotopic (exact) mass is 688 g/mol. The van der Waals surface area contributed by atoms with Crippen LogP contribution in [0.15, 0.2) is 176 Å². The Morgan fingerprint density at radius 1 is 0.509 bits per heavy atom. The van der Waals surface area contributed by atoms with Crippen molar-refractivity contribution in [2.75, 3.05) is 4.90 Å². The quantitative estimate of drug-likeness (QED) is 0.164. The van der Waals surface area contributed by atoms with Crippen molar-refractivity contribution >= 4 is 88.2 Å². The van der Waals surface area contributed by atoms with Gasteiger partial charge in [0.2, 0.25) is 0 Å². The Morgan fingerprint density at radius 2 is 1.17 bits per heavy atom. The van der Waals surface area contributed by atoms with Gasteiger partial charge in [-0.25, -0.2) is 0 Å². The number of thiophene rings is 1. The maximum Gasteiger partial charge on any atom is 0.333 e. The lowest BCUT2D eigenvalue weighted by molar-refractivity contribution is 0.732. The van der Waals surface area contributed by atoms with Gasteiger partial charge in [0.1, 0.15) is 0 Å². The van der Waals surface area contributed by atoms with Gasteiger partial charge in [0.15, 0.2) is 0 Å². The van der Waals surface area contributed by atoms with E-state index in [1.54, 1.807) is 0 Å². The molecule has 3 aliphatic rings. The number of nitrogens with zero attached hydrogens (tertiary/aromatic N) is 2. The highest BCUT2D eigenvalue weighted by molar-refractivity contribution is 7.27. The Bertz CT molecular complexity index is 3150. The van der Waals surface area contributed by atoms with Crippen LogP contribution in [0.1, 0.15) is 22.3 Å². The minimum absolute atomic E-state index is 0.0155. The first kappa shape index (κ1) is 28.3. The maximum absolute atomic E-state index is 2.74. The second kappa shape index (κ2) is 9.95. The van der Waals surface area contributed by atoms with Crippen LogP contribution in [0.5, 0.6) is 0 Å². The molecule has 10 aromatic rings. The van der Waals surface area contributed by atoms with Crippen molar-refractivity contribution in [2.24, 2.45) is 0 Å². The van der Waals surface area contributed by atoms with Crippen LogP contribution in [0, 0.1) is 0 Å². The first-order valence-corrected chi connectivity index (χ1v) is 19.3. The number of hydrogen-bond acceptors (Lipinski definition) is 2. The minimum Gasteiger partial charge on any atom is -0.374 e. The third-order valence-electron chi connectivity index (χ3n) is 12.4. The summed E-state index contributed by atoms with van der Waals surface area (Å²) in [7, 11) is 0. The zero-order chi connectivity index (χ0) is 34.4. The molecule has 2 nitrogen and oxygen atoms in total. The van der Waals surface area contributed by atoms with E-state index in [4.69, 9.17) is 0 Å². The third kappa shape index (κ3) is 3.29. The average molecular weight is 689 g/mol. The van der Waals surface area contributed by atoms with Crippen LogP contribution < -0.4 is 15.8 Å². The van der Waals surface area contributed by atoms with Crippen LogP contribution in [0.25, 0.3) is 53.1 Å². The fourth-order valence-electron chi connectivity index (χ4n) is 10.5. The highest BCUT2D eigenvalue weighted by atomic mass is 32.1. The number of hydrogen-bond donors (Lipinski definition) is 0. The first-order valence-electron chi connectivity index (χ1n) is 18.5. The molecule has 53 heavy (non-hydrogen) atoms. The zero-order valence-corrected chi connectivity index (χ0v) is 29.4. The van der Waals surface area contributed by atoms with Crippen molar-refractivity contribution in [1.29, 1.82) is 0 Å². The molecule has 0 saturated carbocycles. The van der Waals surface area contributed by atoms with Gasteiger partial charge in [0.05, 0.1) is 21.3 Å². The summed E-state index contributed by atoms with van der Waals surface area (Å²) in [5.74, 6) is 0. The molecule has 0 radical (unpaired) electrons. The van der Waals surface area contributed by atoms with Crippen molar-refractivity contribution in [1.82, 2.24) is 4.48 Å². The summed E-state index contributed by atoms with van der Waals surface area (Å²) >= 11 is 1.94. The summed E-state index contributed by atoms with van der Waals surface area (Å²) in [5, 5.41) is 5.27. The van der Waals surface area contributed by atoms with Crippen LogP contribution >= 0.6 is 11.3 Å². The molecular weight excluding hydrogens is 659 g/mol. The molecule has 0 saturated heterocycles. The average Bonchev–Trinajstić information content (AvgIpc) is 3.76. The van der Waals surface area contributed by atoms with Gasteiger partial charge in [0.25, 0.3) is 0 Å². The van der Waals surface area contributed by atoms with Crippen molar-refractivity contribution in [3.63, 3.8) is 0 Å². The molecule has 0 amide bonds. The number of anilines is 3. The van der Waals surface area contributed by atoms with Crippen LogP contribution in [-0.2, 0) is 5.41 Å². The number of rotatable bonds is 2. The third-order valence-corrected chi connectivity index (χ3v) is 13.6. The van der Waals surface area contributed by atoms with Crippen LogP contribution in [0.3, 0.4) is 0 Å². The van der Waals surface area contributed by atoms with Gasteiger partial charge in [-0.2, -0.15) is 0 Å². The molecule has 13 rings (SSSR count). The smallest absolute Gasteiger partial charge is 0.333 e. The summed E-state index contributed by atoms with van der Waals surface area (Å²) in [6, 6.07) is 66.2. The van der Waals surface area contributed by atoms with E-state index >= 15 is 0 Å². The predicted octanol–water partition coefficient (Wildman–Crippen LogP) is 11.3. The molecule has 0 spiro atoms. The SMILES string of the molecule is c1ccc(C2(c3ccccc3)c3ccccc3N3c4cc5ccccc5c5c4B(c4cccc2c43)n2c3c-5cccc3c3sc4ccccc4c32)cc1. The maximum atomic E-state index is 2.74. The van der Waals surface area contributed by atoms with Crippen LogP contribution in [-0.4, -0.2) is 11.3 Å². The molecule has 0 fully saturated rings. The lowest BCUT2D eigenvalue weighted by Crippen LogP contribution is -2.58. The Morgan fingerprint density at radius 3 is 2.00 bits per heavy atom. The predicted molar refractivity (Wildman–Crippen MR) is 225 cm³/mol. The lowest BCUT2D eigenvalue weighted by atomic mass is 9.43. The molecular formula is C49H29BN2S. The standard InChI is InChI=1S/C49H29BN2S/c1-3-16-31(17-4-1)49(32-18-5-2-6-19-32)37-24-10-11-27-40(37)51-41-29-30-15-7-8-20-33(30)43-35-22-13-23-36-45(35)52(46-34-21-9-12-28-42(34)53-48(36)46)50(44(41)43)39-26-14-25-38(49)47(39)51/h1-29H. The second-order valence-electron chi connectivity index (χ2n) is 14.7. The van der Waals surface area contributed by atoms with Gasteiger partial charge in [0, 0.05) is 37.9 Å². The Hall–Kier alpha value is -6.36. The van der Waals surface area contributed by atoms with E-state index < -0.39 is 5.41 Å². The molecule has 8 aromatic carbocycles. The minimum atomic E-state index is -0.527. The van der Waals surface area contributed by atoms with Gasteiger partial charge in [-0.3, -0.25) is 0 Å². The molecule has 3 aliphatic heterocycles. The summed E-state index contributed by atoms with van der Waals surface area (Å²) in [4.78, 5) is 2.63. The van der Waals surface area contributed by atoms with E-state index in [2.05, 4.69) is 185 Å². The van der Waals surface area contributed by atoms with E-state index in [0.717, 1.165) is 0 Å². The summed E-state index contributed by atoms with van der Waals surface area (Å²) in [5.41, 5.74) is 16.6. The molecule has 4 heteroatoms. The van der Waals surface area contributed by atoms with Crippen molar-refractivity contribution in [3.05, 3.63) is 198 Å². The van der Waals surface area contributed by atoms with Crippen molar-refractivity contribution < 1.29 is 0 Å². The highest BCUT2D eigenvalue weighted by Crippen LogP contribution is 2.59. The molecule has 0 N–H and O–H groups in total. The summed E-state index contributed by atoms with van der Waals surface area (Å²) in [6.45, 7) is -0.0155. The fourth-order valence-corrected chi connectivity index (χ4v) is 11.8. The normalized spacial score (nSPS) is 14.5. The molecule has 2 aromatic heterocycles. The van der Waals surface area contributed by atoms with E-state index in [9.17, 15) is 0 Å². The van der Waals surface area contributed by atoms with Gasteiger partial charge in [-0.05, 0) is 67.7 Å². The lowest BCUT2D eigenvalue weighted by Gasteiger charge is -2.50. The molecule has 244 valence electrons. The van der Waals surface area contributed by atoms with Gasteiger partial charge in [-0.1, -0.05) is 158 Å². The van der Waals surface area contributed by atoms with E-state index in [-0.39, 0.29) is 6.85 Å². The Labute approximate surface area is 310 Å². The summed E-state index contributed by atoms with van der Waals surface area (Å²) in [6.07, 6.45) is 0. The molecule has 0 unspecified atom stereocenters. The molecule has 0 aliphatic carbocycles. The van der Waals surface area contributed by atoms with Gasteiger partial charge < -0.3 is 9.38 Å². The largest absolute Gasteiger partial charge is 0.374 e. The Balaban J connectivity index is 1.27. The number of fused-ring (bicyclic) bond motifs is 13. The van der Waals surface area contributed by atoms with Crippen molar-refractivity contribution in [2.45, 2.75) is 5.41 Å². The number of aromatic nitrogens is 1. The van der Waals surface area contributed by atoms with Crippen LogP contribution in [0.2, 0.25) is 0 Å². The summed E-state index contributed by atoms with van der Waals surface area (Å²) < 4.78 is 5.45. The van der Waals surface area contributed by atoms with E-state index in [1.807, 2.05) is 11.3 Å². The topological polar surface area (TPSA) is 8.17 Å². The fraction of sp³-hybridized carbons (Fsp3) is 0.0204. The number of benzene rings is 8.